The average molecular weight is 402 g/mol. The molecule has 154 valence electrons. The van der Waals surface area contributed by atoms with Crippen LogP contribution in [0.15, 0.2) is 54.7 Å². The molecule has 3 amide bonds. The predicted octanol–water partition coefficient (Wildman–Crippen LogP) is 3.27. The van der Waals surface area contributed by atoms with Crippen molar-refractivity contribution in [3.05, 3.63) is 71.4 Å². The minimum Gasteiger partial charge on any atom is -0.361 e. The highest BCUT2D eigenvalue weighted by atomic mass is 16.2. The van der Waals surface area contributed by atoms with E-state index in [4.69, 9.17) is 0 Å². The number of rotatable bonds is 3. The zero-order chi connectivity index (χ0) is 20.7. The molecule has 3 N–H and O–H groups in total. The molecular weight excluding hydrogens is 376 g/mol. The zero-order valence-electron chi connectivity index (χ0n) is 17.0. The van der Waals surface area contributed by atoms with Gasteiger partial charge in [-0.2, -0.15) is 0 Å². The Labute approximate surface area is 175 Å². The fraction of sp³-hybridized carbons (Fsp3) is 0.333. The highest BCUT2D eigenvalue weighted by Gasteiger charge is 2.39. The number of H-pyrrole nitrogens is 1. The summed E-state index contributed by atoms with van der Waals surface area (Å²) in [4.78, 5) is 30.3. The molecule has 0 bridgehead atoms. The Balaban J connectivity index is 1.25. The molecule has 1 aliphatic heterocycles. The van der Waals surface area contributed by atoms with Crippen LogP contribution in [0.25, 0.3) is 10.9 Å². The standard InChI is InChI=1S/C24H26N4O2/c1-28-14-15(12-26-24(30)27-23(29)16-6-3-2-4-7-16)10-19-18-8-5-9-20-22(18)17(13-25-20)11-21(19)28/h2-9,13,15,19,21,25H,10-12,14H2,1H3,(H2,26,27,29,30)/t15-,19+,21+/m0/s1. The van der Waals surface area contributed by atoms with Crippen LogP contribution in [-0.4, -0.2) is 48.0 Å². The van der Waals surface area contributed by atoms with Crippen LogP contribution < -0.4 is 10.6 Å². The summed E-state index contributed by atoms with van der Waals surface area (Å²) >= 11 is 0. The lowest BCUT2D eigenvalue weighted by Crippen LogP contribution is -2.51. The molecule has 2 heterocycles. The van der Waals surface area contributed by atoms with Crippen molar-refractivity contribution < 1.29 is 9.59 Å². The number of carbonyl (C=O) groups excluding carboxylic acids is 2. The second-order valence-corrected chi connectivity index (χ2v) is 8.53. The molecule has 30 heavy (non-hydrogen) atoms. The number of aromatic amines is 1. The van der Waals surface area contributed by atoms with Gasteiger partial charge in [-0.25, -0.2) is 4.79 Å². The Morgan fingerprint density at radius 1 is 1.13 bits per heavy atom. The van der Waals surface area contributed by atoms with Gasteiger partial charge in [0.1, 0.15) is 0 Å². The van der Waals surface area contributed by atoms with Gasteiger partial charge >= 0.3 is 6.03 Å². The SMILES string of the molecule is CN1C[C@H](CNC(=O)NC(=O)c2ccccc2)C[C@@H]2c3cccc4[nH]cc(c34)C[C@H]21. The summed E-state index contributed by atoms with van der Waals surface area (Å²) in [6.45, 7) is 1.49. The van der Waals surface area contributed by atoms with E-state index in [1.165, 1.54) is 22.0 Å². The summed E-state index contributed by atoms with van der Waals surface area (Å²) in [5, 5.41) is 6.71. The second kappa shape index (κ2) is 7.61. The van der Waals surface area contributed by atoms with Crippen LogP contribution in [0.3, 0.4) is 0 Å². The van der Waals surface area contributed by atoms with Gasteiger partial charge in [0.15, 0.2) is 0 Å². The van der Waals surface area contributed by atoms with Crippen LogP contribution >= 0.6 is 0 Å². The lowest BCUT2D eigenvalue weighted by molar-refractivity contribution is 0.0959. The first-order valence-electron chi connectivity index (χ1n) is 10.5. The molecule has 5 rings (SSSR count). The van der Waals surface area contributed by atoms with Crippen LogP contribution in [0.2, 0.25) is 0 Å². The van der Waals surface area contributed by atoms with E-state index in [-0.39, 0.29) is 5.91 Å². The zero-order valence-corrected chi connectivity index (χ0v) is 17.0. The molecule has 1 aromatic heterocycles. The van der Waals surface area contributed by atoms with Crippen LogP contribution in [0.4, 0.5) is 4.79 Å². The Morgan fingerprint density at radius 2 is 1.97 bits per heavy atom. The lowest BCUT2D eigenvalue weighted by Gasteiger charge is -2.45. The van der Waals surface area contributed by atoms with Gasteiger partial charge in [0.25, 0.3) is 5.91 Å². The van der Waals surface area contributed by atoms with Crippen molar-refractivity contribution in [1.29, 1.82) is 0 Å². The summed E-state index contributed by atoms with van der Waals surface area (Å²) in [6, 6.07) is 15.4. The lowest BCUT2D eigenvalue weighted by atomic mass is 9.72. The van der Waals surface area contributed by atoms with E-state index in [1.54, 1.807) is 24.3 Å². The number of carbonyl (C=O) groups is 2. The van der Waals surface area contributed by atoms with E-state index < -0.39 is 6.03 Å². The predicted molar refractivity (Wildman–Crippen MR) is 117 cm³/mol. The van der Waals surface area contributed by atoms with Crippen LogP contribution in [0.1, 0.15) is 33.8 Å². The number of amides is 3. The van der Waals surface area contributed by atoms with Crippen molar-refractivity contribution >= 4 is 22.8 Å². The summed E-state index contributed by atoms with van der Waals surface area (Å²) in [6.07, 6.45) is 4.25. The van der Waals surface area contributed by atoms with E-state index in [1.807, 2.05) is 6.07 Å². The van der Waals surface area contributed by atoms with Gasteiger partial charge in [0.2, 0.25) is 0 Å². The molecule has 3 aromatic rings. The van der Waals surface area contributed by atoms with Gasteiger partial charge in [-0.1, -0.05) is 30.3 Å². The maximum absolute atomic E-state index is 12.3. The maximum atomic E-state index is 12.3. The van der Waals surface area contributed by atoms with E-state index >= 15 is 0 Å². The molecule has 1 aliphatic carbocycles. The molecule has 6 nitrogen and oxygen atoms in total. The summed E-state index contributed by atoms with van der Waals surface area (Å²) < 4.78 is 0. The number of benzene rings is 2. The number of hydrogen-bond acceptors (Lipinski definition) is 3. The molecule has 0 saturated carbocycles. The Hall–Kier alpha value is -3.12. The van der Waals surface area contributed by atoms with E-state index in [9.17, 15) is 9.59 Å². The van der Waals surface area contributed by atoms with E-state index in [2.05, 4.69) is 52.0 Å². The second-order valence-electron chi connectivity index (χ2n) is 8.53. The number of aromatic nitrogens is 1. The first kappa shape index (κ1) is 18.9. The number of hydrogen-bond donors (Lipinski definition) is 3. The number of imide groups is 1. The van der Waals surface area contributed by atoms with Crippen molar-refractivity contribution in [2.75, 3.05) is 20.1 Å². The minimum absolute atomic E-state index is 0.338. The fourth-order valence-electron chi connectivity index (χ4n) is 5.25. The van der Waals surface area contributed by atoms with Crippen LogP contribution in [-0.2, 0) is 6.42 Å². The third-order valence-corrected chi connectivity index (χ3v) is 6.63. The number of nitrogens with one attached hydrogen (secondary N) is 3. The van der Waals surface area contributed by atoms with Gasteiger partial charge in [-0.3, -0.25) is 10.1 Å². The number of likely N-dealkylation sites (tertiary alicyclic amines) is 1. The van der Waals surface area contributed by atoms with Crippen molar-refractivity contribution in [3.63, 3.8) is 0 Å². The third-order valence-electron chi connectivity index (χ3n) is 6.63. The van der Waals surface area contributed by atoms with Gasteiger partial charge in [-0.15, -0.1) is 0 Å². The first-order valence-corrected chi connectivity index (χ1v) is 10.5. The molecular formula is C24H26N4O2. The number of nitrogens with zero attached hydrogens (tertiary/aromatic N) is 1. The molecule has 1 saturated heterocycles. The number of likely N-dealkylation sites (N-methyl/N-ethyl adjacent to an activating group) is 1. The number of fused-ring (bicyclic) bond motifs is 2. The van der Waals surface area contributed by atoms with Crippen molar-refractivity contribution in [3.8, 4) is 0 Å². The molecule has 2 aromatic carbocycles. The summed E-state index contributed by atoms with van der Waals surface area (Å²) in [7, 11) is 2.18. The largest absolute Gasteiger partial charge is 0.361 e. The molecule has 1 fully saturated rings. The minimum atomic E-state index is -0.438. The number of piperidine rings is 1. The van der Waals surface area contributed by atoms with Gasteiger partial charge in [-0.05, 0) is 55.1 Å². The fourth-order valence-corrected chi connectivity index (χ4v) is 5.25. The van der Waals surface area contributed by atoms with E-state index in [0.29, 0.717) is 30.0 Å². The van der Waals surface area contributed by atoms with Gasteiger partial charge < -0.3 is 15.2 Å². The Bertz CT molecular complexity index is 1090. The smallest absolute Gasteiger partial charge is 0.321 e. The Morgan fingerprint density at radius 3 is 2.80 bits per heavy atom. The van der Waals surface area contributed by atoms with Crippen molar-refractivity contribution in [2.24, 2.45) is 5.92 Å². The molecule has 0 radical (unpaired) electrons. The van der Waals surface area contributed by atoms with Gasteiger partial charge in [0, 0.05) is 47.7 Å². The maximum Gasteiger partial charge on any atom is 0.321 e. The highest BCUT2D eigenvalue weighted by Crippen LogP contribution is 2.44. The van der Waals surface area contributed by atoms with Crippen molar-refractivity contribution in [2.45, 2.75) is 24.8 Å². The quantitative estimate of drug-likeness (QED) is 0.629. The Kier molecular flexibility index (Phi) is 4.79. The van der Waals surface area contributed by atoms with Crippen LogP contribution in [0.5, 0.6) is 0 Å². The first-order chi connectivity index (χ1) is 14.6. The average Bonchev–Trinajstić information content (AvgIpc) is 3.18. The summed E-state index contributed by atoms with van der Waals surface area (Å²) in [5.41, 5.74) is 4.51. The molecule has 0 unspecified atom stereocenters. The summed E-state index contributed by atoms with van der Waals surface area (Å²) in [5.74, 6) is 0.411. The number of urea groups is 1. The van der Waals surface area contributed by atoms with Crippen molar-refractivity contribution in [1.82, 2.24) is 20.5 Å². The van der Waals surface area contributed by atoms with Crippen LogP contribution in [0, 0.1) is 5.92 Å². The molecule has 6 heteroatoms. The van der Waals surface area contributed by atoms with Gasteiger partial charge in [0.05, 0.1) is 0 Å². The highest BCUT2D eigenvalue weighted by molar-refractivity contribution is 6.04. The van der Waals surface area contributed by atoms with E-state index in [0.717, 1.165) is 19.4 Å². The molecule has 2 aliphatic rings. The topological polar surface area (TPSA) is 77.2 Å². The molecule has 3 atom stereocenters. The monoisotopic (exact) mass is 402 g/mol. The third kappa shape index (κ3) is 3.37. The normalized spacial score (nSPS) is 23.0. The molecule has 0 spiro atoms.